The van der Waals surface area contributed by atoms with E-state index in [4.69, 9.17) is 11.6 Å². The lowest BCUT2D eigenvalue weighted by atomic mass is 9.99. The Bertz CT molecular complexity index is 946. The van der Waals surface area contributed by atoms with Gasteiger partial charge in [0, 0.05) is 15.6 Å². The molecule has 0 aliphatic carbocycles. The van der Waals surface area contributed by atoms with Crippen molar-refractivity contribution in [2.75, 3.05) is 11.4 Å². The number of aldehydes is 1. The van der Waals surface area contributed by atoms with Gasteiger partial charge < -0.3 is 0 Å². The first kappa shape index (κ1) is 16.2. The first-order valence-electron chi connectivity index (χ1n) is 7.46. The minimum Gasteiger partial charge on any atom is -0.299 e. The number of carbonyl (C=O) groups is 1. The maximum atomic E-state index is 14.4. The highest BCUT2D eigenvalue weighted by Crippen LogP contribution is 2.38. The third-order valence-electron chi connectivity index (χ3n) is 4.09. The second-order valence-electron chi connectivity index (χ2n) is 5.51. The Labute approximate surface area is 156 Å². The molecule has 0 aromatic heterocycles. The summed E-state index contributed by atoms with van der Waals surface area (Å²) in [5.41, 5.74) is 4.75. The summed E-state index contributed by atoms with van der Waals surface area (Å²) in [6.45, 7) is 0.198. The number of halogens is 3. The number of amidine groups is 1. The molecule has 2 heterocycles. The molecule has 2 aromatic carbocycles. The van der Waals surface area contributed by atoms with Gasteiger partial charge in [-0.3, -0.25) is 20.1 Å². The van der Waals surface area contributed by atoms with Gasteiger partial charge in [-0.05, 0) is 40.2 Å². The van der Waals surface area contributed by atoms with Crippen LogP contribution >= 0.6 is 27.5 Å². The zero-order valence-corrected chi connectivity index (χ0v) is 15.1. The molecule has 2 aliphatic heterocycles. The van der Waals surface area contributed by atoms with E-state index in [0.717, 1.165) is 6.29 Å². The van der Waals surface area contributed by atoms with Gasteiger partial charge in [0.15, 0.2) is 18.3 Å². The summed E-state index contributed by atoms with van der Waals surface area (Å²) in [4.78, 5) is 17.7. The Kier molecular flexibility index (Phi) is 4.05. The molecule has 1 unspecified atom stereocenters. The van der Waals surface area contributed by atoms with Gasteiger partial charge >= 0.3 is 0 Å². The van der Waals surface area contributed by atoms with E-state index in [1.165, 1.54) is 6.07 Å². The van der Waals surface area contributed by atoms with Crippen LogP contribution in [0.3, 0.4) is 0 Å². The molecule has 0 fully saturated rings. The molecule has 25 heavy (non-hydrogen) atoms. The fourth-order valence-electron chi connectivity index (χ4n) is 2.97. The Morgan fingerprint density at radius 1 is 1.32 bits per heavy atom. The molecule has 0 amide bonds. The lowest BCUT2D eigenvalue weighted by Crippen LogP contribution is -2.42. The summed E-state index contributed by atoms with van der Waals surface area (Å²) in [6.07, 6.45) is 0.103. The van der Waals surface area contributed by atoms with E-state index in [1.807, 2.05) is 6.07 Å². The second-order valence-corrected chi connectivity index (χ2v) is 6.74. The van der Waals surface area contributed by atoms with Crippen LogP contribution in [0, 0.1) is 5.82 Å². The van der Waals surface area contributed by atoms with Crippen molar-refractivity contribution >= 4 is 51.1 Å². The van der Waals surface area contributed by atoms with E-state index in [1.54, 1.807) is 29.2 Å². The summed E-state index contributed by atoms with van der Waals surface area (Å²) < 4.78 is 15.1. The van der Waals surface area contributed by atoms with Crippen molar-refractivity contribution in [2.45, 2.75) is 6.17 Å². The Morgan fingerprint density at radius 3 is 2.88 bits per heavy atom. The molecule has 8 heteroatoms. The topological polar surface area (TPSA) is 57.1 Å². The van der Waals surface area contributed by atoms with Gasteiger partial charge in [-0.15, -0.1) is 0 Å². The van der Waals surface area contributed by atoms with E-state index in [9.17, 15) is 9.18 Å². The van der Waals surface area contributed by atoms with Gasteiger partial charge in [-0.2, -0.15) is 5.10 Å². The summed E-state index contributed by atoms with van der Waals surface area (Å²) in [6, 6.07) is 9.99. The maximum Gasteiger partial charge on any atom is 0.177 e. The summed E-state index contributed by atoms with van der Waals surface area (Å²) >= 11 is 9.95. The van der Waals surface area contributed by atoms with Crippen molar-refractivity contribution in [3.8, 4) is 0 Å². The summed E-state index contributed by atoms with van der Waals surface area (Å²) in [5.74, 6) is 0.181. The number of nitrogens with zero attached hydrogens (tertiary/aromatic N) is 3. The van der Waals surface area contributed by atoms with Crippen molar-refractivity contribution in [3.05, 3.63) is 62.8 Å². The van der Waals surface area contributed by atoms with Gasteiger partial charge in [0.05, 0.1) is 23.0 Å². The van der Waals surface area contributed by atoms with Crippen LogP contribution in [0.25, 0.3) is 0 Å². The van der Waals surface area contributed by atoms with Crippen molar-refractivity contribution < 1.29 is 9.18 Å². The monoisotopic (exact) mass is 420 g/mol. The van der Waals surface area contributed by atoms with E-state index in [0.29, 0.717) is 37.9 Å². The Morgan fingerprint density at radius 2 is 2.12 bits per heavy atom. The quantitative estimate of drug-likeness (QED) is 0.757. The van der Waals surface area contributed by atoms with Crippen LogP contribution in [0.4, 0.5) is 10.1 Å². The van der Waals surface area contributed by atoms with Crippen molar-refractivity contribution in [1.29, 1.82) is 0 Å². The molecule has 0 bridgehead atoms. The zero-order chi connectivity index (χ0) is 17.6. The van der Waals surface area contributed by atoms with Gasteiger partial charge in [-0.25, -0.2) is 4.39 Å². The molecule has 1 atom stereocenters. The van der Waals surface area contributed by atoms with E-state index in [2.05, 4.69) is 31.4 Å². The maximum absolute atomic E-state index is 14.4. The van der Waals surface area contributed by atoms with Crippen LogP contribution in [-0.2, 0) is 4.79 Å². The third kappa shape index (κ3) is 2.54. The molecule has 0 spiro atoms. The van der Waals surface area contributed by atoms with Gasteiger partial charge in [0.25, 0.3) is 0 Å². The molecule has 0 saturated heterocycles. The number of anilines is 1. The van der Waals surface area contributed by atoms with Gasteiger partial charge in [0.2, 0.25) is 0 Å². The second kappa shape index (κ2) is 6.24. The average Bonchev–Trinajstić information content (AvgIpc) is 2.95. The van der Waals surface area contributed by atoms with Crippen LogP contribution in [-0.4, -0.2) is 30.5 Å². The number of fused-ring (bicyclic) bond motifs is 3. The van der Waals surface area contributed by atoms with Crippen LogP contribution in [0.5, 0.6) is 0 Å². The van der Waals surface area contributed by atoms with Crippen LogP contribution in [0.1, 0.15) is 11.1 Å². The zero-order valence-electron chi connectivity index (χ0n) is 12.7. The molecule has 0 saturated carbocycles. The largest absolute Gasteiger partial charge is 0.299 e. The normalized spacial score (nSPS) is 18.5. The minimum atomic E-state index is -0.652. The molecule has 126 valence electrons. The Hall–Kier alpha value is -2.25. The highest BCUT2D eigenvalue weighted by molar-refractivity contribution is 9.10. The van der Waals surface area contributed by atoms with E-state index in [-0.39, 0.29) is 6.54 Å². The number of carbonyl (C=O) groups excluding carboxylic acids is 1. The van der Waals surface area contributed by atoms with Crippen molar-refractivity contribution in [1.82, 2.24) is 5.43 Å². The molecule has 2 aliphatic rings. The number of rotatable bonds is 2. The fourth-order valence-corrected chi connectivity index (χ4v) is 3.55. The molecular formula is C17H11BrClFN4O. The van der Waals surface area contributed by atoms with Crippen molar-refractivity contribution in [2.24, 2.45) is 10.1 Å². The first-order valence-corrected chi connectivity index (χ1v) is 8.63. The van der Waals surface area contributed by atoms with Gasteiger partial charge in [0.1, 0.15) is 5.82 Å². The SMILES string of the molecule is O=CC1NN=C2CN=C(c3ccccc3F)c3c(ccc(Br)c3Cl)N21. The lowest BCUT2D eigenvalue weighted by Gasteiger charge is -2.25. The molecule has 1 N–H and O–H groups in total. The van der Waals surface area contributed by atoms with Crippen LogP contribution < -0.4 is 10.3 Å². The van der Waals surface area contributed by atoms with Crippen LogP contribution in [0.15, 0.2) is 51.0 Å². The Balaban J connectivity index is 2.01. The average molecular weight is 422 g/mol. The predicted molar refractivity (Wildman–Crippen MR) is 99.0 cm³/mol. The highest BCUT2D eigenvalue weighted by Gasteiger charge is 2.35. The number of aliphatic imine (C=N–C) groups is 1. The number of hydrazone groups is 1. The lowest BCUT2D eigenvalue weighted by molar-refractivity contribution is -0.109. The van der Waals surface area contributed by atoms with Gasteiger partial charge in [-0.1, -0.05) is 23.7 Å². The van der Waals surface area contributed by atoms with Crippen LogP contribution in [0.2, 0.25) is 5.02 Å². The molecule has 2 aromatic rings. The third-order valence-corrected chi connectivity index (χ3v) is 5.37. The van der Waals surface area contributed by atoms with E-state index >= 15 is 0 Å². The molecule has 4 rings (SSSR count). The molecule has 0 radical (unpaired) electrons. The highest BCUT2D eigenvalue weighted by atomic mass is 79.9. The number of benzene rings is 2. The minimum absolute atomic E-state index is 0.198. The smallest absolute Gasteiger partial charge is 0.177 e. The van der Waals surface area contributed by atoms with Crippen molar-refractivity contribution in [3.63, 3.8) is 0 Å². The predicted octanol–water partition coefficient (Wildman–Crippen LogP) is 3.34. The summed E-state index contributed by atoms with van der Waals surface area (Å²) in [5, 5.41) is 4.58. The molecule has 5 nitrogen and oxygen atoms in total. The number of hydrogen-bond donors (Lipinski definition) is 1. The number of hydrogen-bond acceptors (Lipinski definition) is 5. The van der Waals surface area contributed by atoms with E-state index < -0.39 is 12.0 Å². The first-order chi connectivity index (χ1) is 12.1. The molecular weight excluding hydrogens is 411 g/mol. The summed E-state index contributed by atoms with van der Waals surface area (Å²) in [7, 11) is 0. The standard InChI is InChI=1S/C17H11BrClFN4O/c18-10-5-6-12-15(16(10)19)17(9-3-1-2-4-11(9)20)21-7-13-22-23-14(8-25)24(12)13/h1-6,8,14,23H,7H2. The number of nitrogens with one attached hydrogen (secondary N) is 1. The fraction of sp³-hybridized carbons (Fsp3) is 0.118.